The number of nitriles is 1. The average Bonchev–Trinajstić information content (AvgIpc) is 3.94. The van der Waals surface area contributed by atoms with Gasteiger partial charge in [0.05, 0.1) is 28.8 Å². The number of H-pyrrole nitrogens is 2. The van der Waals surface area contributed by atoms with E-state index in [2.05, 4.69) is 190 Å². The number of nitrogens with zero attached hydrogens (tertiary/aromatic N) is 3. The third-order valence-corrected chi connectivity index (χ3v) is 10.8. The molecule has 56 heavy (non-hydrogen) atoms. The first kappa shape index (κ1) is 38.5. The van der Waals surface area contributed by atoms with E-state index in [9.17, 15) is 5.26 Å². The number of allylic oxidation sites excluding steroid dienone is 1. The van der Waals surface area contributed by atoms with Gasteiger partial charge in [-0.05, 0) is 116 Å². The molecule has 3 aromatic heterocycles. The molecule has 0 aliphatic carbocycles. The first-order valence-corrected chi connectivity index (χ1v) is 19.7. The number of rotatable bonds is 3. The number of aromatic nitrogens is 4. The lowest BCUT2D eigenvalue weighted by molar-refractivity contribution is 0.568. The van der Waals surface area contributed by atoms with Crippen molar-refractivity contribution in [3.05, 3.63) is 123 Å². The number of aromatic amines is 2. The number of nitrogens with one attached hydrogen (secondary N) is 2. The fraction of sp³-hybridized carbons (Fsp3) is 0.314. The van der Waals surface area contributed by atoms with Crippen LogP contribution < -0.4 is 0 Å². The number of benzene rings is 2. The Morgan fingerprint density at radius 1 is 0.500 bits per heavy atom. The monoisotopic (exact) mass is 737 g/mol. The zero-order valence-electron chi connectivity index (χ0n) is 35.2. The van der Waals surface area contributed by atoms with Gasteiger partial charge >= 0.3 is 0 Å². The van der Waals surface area contributed by atoms with Crippen LogP contribution in [0.15, 0.2) is 72.8 Å². The molecule has 284 valence electrons. The van der Waals surface area contributed by atoms with Crippen LogP contribution in [0.25, 0.3) is 74.7 Å². The normalized spacial score (nSPS) is 13.5. The molecular weight excluding hydrogens is 683 g/mol. The second kappa shape index (κ2) is 13.8. The van der Waals surface area contributed by atoms with Crippen molar-refractivity contribution >= 4 is 52.4 Å². The minimum Gasteiger partial charge on any atom is -0.355 e. The maximum absolute atomic E-state index is 9.74. The molecule has 5 heterocycles. The number of fused-ring (bicyclic) bond motifs is 8. The van der Waals surface area contributed by atoms with E-state index in [1.165, 1.54) is 28.3 Å². The molecule has 0 saturated heterocycles. The van der Waals surface area contributed by atoms with Gasteiger partial charge in [-0.2, -0.15) is 5.26 Å². The van der Waals surface area contributed by atoms with Crippen molar-refractivity contribution in [2.75, 3.05) is 0 Å². The van der Waals surface area contributed by atoms with E-state index >= 15 is 0 Å². The molecule has 7 rings (SSSR count). The topological polar surface area (TPSA) is 81.2 Å². The lowest BCUT2D eigenvalue weighted by Crippen LogP contribution is -2.16. The Morgan fingerprint density at radius 3 is 1.46 bits per heavy atom. The van der Waals surface area contributed by atoms with Crippen molar-refractivity contribution in [1.29, 1.82) is 5.26 Å². The van der Waals surface area contributed by atoms with Gasteiger partial charge in [-0.3, -0.25) is 0 Å². The minimum atomic E-state index is -0.0536. The first-order valence-electron chi connectivity index (χ1n) is 19.7. The van der Waals surface area contributed by atoms with E-state index in [1.807, 2.05) is 6.08 Å². The van der Waals surface area contributed by atoms with Gasteiger partial charge in [-0.25, -0.2) is 9.97 Å². The van der Waals surface area contributed by atoms with Crippen LogP contribution in [-0.4, -0.2) is 19.9 Å². The van der Waals surface area contributed by atoms with E-state index in [1.54, 1.807) is 0 Å². The van der Waals surface area contributed by atoms with Gasteiger partial charge in [0.2, 0.25) is 0 Å². The van der Waals surface area contributed by atoms with Crippen LogP contribution in [-0.2, 0) is 21.7 Å². The van der Waals surface area contributed by atoms with Crippen LogP contribution in [0, 0.1) is 11.3 Å². The second-order valence-corrected chi connectivity index (χ2v) is 19.5. The van der Waals surface area contributed by atoms with Crippen molar-refractivity contribution in [2.45, 2.75) is 105 Å². The maximum atomic E-state index is 9.74. The zero-order chi connectivity index (χ0) is 40.4. The van der Waals surface area contributed by atoms with E-state index in [0.29, 0.717) is 0 Å². The van der Waals surface area contributed by atoms with Gasteiger partial charge < -0.3 is 9.97 Å². The summed E-state index contributed by atoms with van der Waals surface area (Å²) in [5.41, 5.74) is 17.1. The third kappa shape index (κ3) is 7.71. The SMILES string of the molecule is CC(C)(C)c1cc(-c2c3nc(c(/C=C/C#N)c4ccc([nH]4)c(-c4cc(C(C)(C)C)cc(C(C)(C)C)c4)c4nc(cc5ccc2[nH]5)C=C4)C=C3)cc(C(C)(C)C)c1. The summed E-state index contributed by atoms with van der Waals surface area (Å²) in [6.07, 6.45) is 11.8. The van der Waals surface area contributed by atoms with Gasteiger partial charge in [0.15, 0.2) is 0 Å². The van der Waals surface area contributed by atoms with Gasteiger partial charge in [-0.15, -0.1) is 0 Å². The van der Waals surface area contributed by atoms with Gasteiger partial charge in [0.1, 0.15) is 0 Å². The number of hydrogen-bond acceptors (Lipinski definition) is 3. The molecule has 0 fully saturated rings. The molecule has 5 nitrogen and oxygen atoms in total. The van der Waals surface area contributed by atoms with Crippen molar-refractivity contribution in [2.24, 2.45) is 0 Å². The summed E-state index contributed by atoms with van der Waals surface area (Å²) in [6, 6.07) is 26.8. The summed E-state index contributed by atoms with van der Waals surface area (Å²) in [6.45, 7) is 27.2. The highest BCUT2D eigenvalue weighted by Gasteiger charge is 2.25. The second-order valence-electron chi connectivity index (χ2n) is 19.5. The average molecular weight is 738 g/mol. The fourth-order valence-corrected chi connectivity index (χ4v) is 7.34. The van der Waals surface area contributed by atoms with E-state index in [4.69, 9.17) is 9.97 Å². The fourth-order valence-electron chi connectivity index (χ4n) is 7.34. The molecule has 0 amide bonds. The predicted molar refractivity (Wildman–Crippen MR) is 239 cm³/mol. The molecule has 0 radical (unpaired) electrons. The van der Waals surface area contributed by atoms with Crippen molar-refractivity contribution in [3.8, 4) is 28.3 Å². The van der Waals surface area contributed by atoms with E-state index < -0.39 is 0 Å². The first-order chi connectivity index (χ1) is 26.2. The van der Waals surface area contributed by atoms with Crippen LogP contribution in [0.1, 0.15) is 134 Å². The van der Waals surface area contributed by atoms with Crippen LogP contribution >= 0.6 is 0 Å². The number of hydrogen-bond donors (Lipinski definition) is 2. The Kier molecular flexibility index (Phi) is 9.48. The molecule has 0 unspecified atom stereocenters. The predicted octanol–water partition coefficient (Wildman–Crippen LogP) is 13.7. The Balaban J connectivity index is 1.62. The molecule has 0 saturated carbocycles. The molecule has 2 aliphatic heterocycles. The zero-order valence-corrected chi connectivity index (χ0v) is 35.2. The minimum absolute atomic E-state index is 0.0536. The Morgan fingerprint density at radius 2 is 0.946 bits per heavy atom. The Hall–Kier alpha value is -5.73. The molecule has 2 N–H and O–H groups in total. The third-order valence-electron chi connectivity index (χ3n) is 10.8. The summed E-state index contributed by atoms with van der Waals surface area (Å²) in [4.78, 5) is 18.1. The van der Waals surface area contributed by atoms with E-state index in [-0.39, 0.29) is 21.7 Å². The molecular formula is C51H55N5. The van der Waals surface area contributed by atoms with Crippen LogP contribution in [0.4, 0.5) is 0 Å². The largest absolute Gasteiger partial charge is 0.355 e. The smallest absolute Gasteiger partial charge is 0.0912 e. The lowest BCUT2D eigenvalue weighted by atomic mass is 9.78. The Bertz CT molecular complexity index is 2530. The van der Waals surface area contributed by atoms with Crippen molar-refractivity contribution in [1.82, 2.24) is 19.9 Å². The molecule has 5 heteroatoms. The molecule has 0 atom stereocenters. The van der Waals surface area contributed by atoms with E-state index in [0.717, 1.165) is 72.7 Å². The summed E-state index contributed by atoms with van der Waals surface area (Å²) in [5, 5.41) is 9.74. The molecule has 8 bridgehead atoms. The van der Waals surface area contributed by atoms with Crippen molar-refractivity contribution in [3.63, 3.8) is 0 Å². The van der Waals surface area contributed by atoms with Crippen LogP contribution in [0.3, 0.4) is 0 Å². The summed E-state index contributed by atoms with van der Waals surface area (Å²) >= 11 is 0. The van der Waals surface area contributed by atoms with Crippen LogP contribution in [0.5, 0.6) is 0 Å². The quantitative estimate of drug-likeness (QED) is 0.177. The summed E-state index contributed by atoms with van der Waals surface area (Å²) in [5.74, 6) is 0. The lowest BCUT2D eigenvalue weighted by Gasteiger charge is -2.26. The molecule has 2 aromatic carbocycles. The van der Waals surface area contributed by atoms with Crippen molar-refractivity contribution < 1.29 is 0 Å². The van der Waals surface area contributed by atoms with Gasteiger partial charge in [0.25, 0.3) is 0 Å². The Labute approximate surface area is 333 Å². The highest BCUT2D eigenvalue weighted by Crippen LogP contribution is 2.40. The highest BCUT2D eigenvalue weighted by atomic mass is 14.8. The molecule has 2 aliphatic rings. The van der Waals surface area contributed by atoms with Crippen LogP contribution in [0.2, 0.25) is 0 Å². The summed E-state index contributed by atoms with van der Waals surface area (Å²) < 4.78 is 0. The molecule has 0 spiro atoms. The highest BCUT2D eigenvalue weighted by molar-refractivity contribution is 5.95. The maximum Gasteiger partial charge on any atom is 0.0912 e. The molecule has 5 aromatic rings. The van der Waals surface area contributed by atoms with Gasteiger partial charge in [0, 0.05) is 44.8 Å². The standard InChI is InChI=1S/C51H55N5/c1-48(2,3)33-24-31(25-34(28-33)49(4,5)6)46-42-17-15-37(53-42)30-38-16-18-43(54-38)47(32-26-35(50(7,8)9)29-36(27-32)51(10,11)12)45-22-20-41(56-45)39(14-13-23-52)40-19-21-44(46)55-40/h13-22,24-30,53,56H,1-12H3/b14-13+,37-30?,38-30?,40-39?,41-39?,46-42?,46-44?,47-43?,47-45?. The van der Waals surface area contributed by atoms with Gasteiger partial charge in [-0.1, -0.05) is 119 Å². The summed E-state index contributed by atoms with van der Waals surface area (Å²) in [7, 11) is 0.